The maximum Gasteiger partial charge on any atom is 0.200 e. The minimum absolute atomic E-state index is 0.0236. The van der Waals surface area contributed by atoms with Crippen LogP contribution >= 0.6 is 0 Å². The van der Waals surface area contributed by atoms with Crippen LogP contribution in [0.4, 0.5) is 0 Å². The molecule has 0 aliphatic carbocycles. The van der Waals surface area contributed by atoms with Crippen LogP contribution in [0.3, 0.4) is 0 Å². The summed E-state index contributed by atoms with van der Waals surface area (Å²) in [4.78, 5) is 0. The van der Waals surface area contributed by atoms with E-state index in [2.05, 4.69) is 5.32 Å². The molecule has 5 nitrogen and oxygen atoms in total. The van der Waals surface area contributed by atoms with Crippen molar-refractivity contribution in [1.29, 1.82) is 0 Å². The molecule has 0 radical (unpaired) electrons. The number of phenolic OH excluding ortho intramolecular Hbond substituents is 1. The third-order valence-electron chi connectivity index (χ3n) is 2.83. The van der Waals surface area contributed by atoms with Gasteiger partial charge in [0.2, 0.25) is 5.75 Å². The van der Waals surface area contributed by atoms with Crippen molar-refractivity contribution < 1.29 is 19.3 Å². The molecule has 5 heteroatoms. The Morgan fingerprint density at radius 1 is 1.29 bits per heavy atom. The second kappa shape index (κ2) is 5.25. The Hall–Kier alpha value is -1.46. The topological polar surface area (TPSA) is 60.0 Å². The first-order valence-electron chi connectivity index (χ1n) is 5.52. The highest BCUT2D eigenvalue weighted by molar-refractivity contribution is 5.53. The Kier molecular flexibility index (Phi) is 3.71. The third-order valence-corrected chi connectivity index (χ3v) is 2.83. The number of aromatic hydroxyl groups is 1. The number of benzene rings is 1. The van der Waals surface area contributed by atoms with E-state index in [0.717, 1.165) is 18.7 Å². The zero-order valence-electron chi connectivity index (χ0n) is 10.0. The zero-order chi connectivity index (χ0) is 12.3. The van der Waals surface area contributed by atoms with E-state index < -0.39 is 0 Å². The fourth-order valence-electron chi connectivity index (χ4n) is 1.89. The van der Waals surface area contributed by atoms with Crippen molar-refractivity contribution in [2.75, 3.05) is 34.0 Å². The maximum atomic E-state index is 9.81. The summed E-state index contributed by atoms with van der Waals surface area (Å²) in [6, 6.07) is 3.70. The van der Waals surface area contributed by atoms with Gasteiger partial charge in [-0.1, -0.05) is 0 Å². The molecule has 1 aliphatic rings. The normalized spacial score (nSPS) is 20.0. The lowest BCUT2D eigenvalue weighted by atomic mass is 10.1. The molecule has 1 fully saturated rings. The Morgan fingerprint density at radius 2 is 1.94 bits per heavy atom. The highest BCUT2D eigenvalue weighted by Crippen LogP contribution is 2.38. The second-order valence-corrected chi connectivity index (χ2v) is 3.86. The van der Waals surface area contributed by atoms with Crippen LogP contribution in [-0.2, 0) is 4.74 Å². The van der Waals surface area contributed by atoms with Gasteiger partial charge in [-0.05, 0) is 17.7 Å². The van der Waals surface area contributed by atoms with Crippen LogP contribution < -0.4 is 14.8 Å². The van der Waals surface area contributed by atoms with Crippen LogP contribution in [0.25, 0.3) is 0 Å². The molecule has 1 heterocycles. The number of hydrogen-bond donors (Lipinski definition) is 2. The molecule has 1 aliphatic heterocycles. The number of hydrogen-bond acceptors (Lipinski definition) is 5. The third kappa shape index (κ3) is 2.45. The first-order chi connectivity index (χ1) is 8.26. The van der Waals surface area contributed by atoms with Gasteiger partial charge in [0.25, 0.3) is 0 Å². The molecule has 2 rings (SSSR count). The summed E-state index contributed by atoms with van der Waals surface area (Å²) in [6.45, 7) is 2.15. The van der Waals surface area contributed by atoms with Gasteiger partial charge in [-0.15, -0.1) is 0 Å². The van der Waals surface area contributed by atoms with E-state index in [0.29, 0.717) is 18.1 Å². The highest BCUT2D eigenvalue weighted by atomic mass is 16.5. The summed E-state index contributed by atoms with van der Waals surface area (Å²) in [5.41, 5.74) is 0.983. The number of ether oxygens (including phenoxy) is 3. The lowest BCUT2D eigenvalue weighted by Crippen LogP contribution is -2.34. The summed E-state index contributed by atoms with van der Waals surface area (Å²) in [6.07, 6.45) is 0. The van der Waals surface area contributed by atoms with Crippen LogP contribution in [0, 0.1) is 0 Å². The number of morpholine rings is 1. The maximum absolute atomic E-state index is 9.81. The molecule has 0 bridgehead atoms. The van der Waals surface area contributed by atoms with Crippen molar-refractivity contribution in [2.45, 2.75) is 6.04 Å². The van der Waals surface area contributed by atoms with Crippen molar-refractivity contribution in [1.82, 2.24) is 5.32 Å². The van der Waals surface area contributed by atoms with Crippen LogP contribution in [0.2, 0.25) is 0 Å². The number of nitrogens with one attached hydrogen (secondary N) is 1. The van der Waals surface area contributed by atoms with Crippen molar-refractivity contribution >= 4 is 0 Å². The fourth-order valence-corrected chi connectivity index (χ4v) is 1.89. The van der Waals surface area contributed by atoms with Crippen LogP contribution in [-0.4, -0.2) is 39.1 Å². The Labute approximate surface area is 100 Å². The van der Waals surface area contributed by atoms with Gasteiger partial charge in [0.05, 0.1) is 33.5 Å². The van der Waals surface area contributed by atoms with Gasteiger partial charge in [-0.2, -0.15) is 0 Å². The molecule has 0 saturated carbocycles. The molecular formula is C12H17NO4. The van der Waals surface area contributed by atoms with Gasteiger partial charge in [0.15, 0.2) is 11.5 Å². The summed E-state index contributed by atoms with van der Waals surface area (Å²) >= 11 is 0. The highest BCUT2D eigenvalue weighted by Gasteiger charge is 2.19. The van der Waals surface area contributed by atoms with Crippen LogP contribution in [0.15, 0.2) is 12.1 Å². The van der Waals surface area contributed by atoms with Crippen LogP contribution in [0.5, 0.6) is 17.2 Å². The molecule has 1 aromatic rings. The molecule has 2 N–H and O–H groups in total. The fraction of sp³-hybridized carbons (Fsp3) is 0.500. The molecule has 17 heavy (non-hydrogen) atoms. The van der Waals surface area contributed by atoms with Gasteiger partial charge < -0.3 is 24.6 Å². The van der Waals surface area contributed by atoms with Gasteiger partial charge >= 0.3 is 0 Å². The van der Waals surface area contributed by atoms with Crippen molar-refractivity contribution in [3.63, 3.8) is 0 Å². The summed E-state index contributed by atoms with van der Waals surface area (Å²) in [5, 5.41) is 13.1. The van der Waals surface area contributed by atoms with E-state index in [1.807, 2.05) is 0 Å². The quantitative estimate of drug-likeness (QED) is 0.826. The van der Waals surface area contributed by atoms with Gasteiger partial charge in [-0.25, -0.2) is 0 Å². The molecule has 1 saturated heterocycles. The largest absolute Gasteiger partial charge is 0.502 e. The standard InChI is InChI=1S/C12H17NO4/c1-15-10-5-8(6-11(16-2)12(10)14)9-7-17-4-3-13-9/h5-6,9,13-14H,3-4,7H2,1-2H3. The molecular weight excluding hydrogens is 222 g/mol. The lowest BCUT2D eigenvalue weighted by Gasteiger charge is -2.25. The summed E-state index contributed by atoms with van der Waals surface area (Å²) < 4.78 is 15.6. The van der Waals surface area contributed by atoms with E-state index in [1.54, 1.807) is 12.1 Å². The SMILES string of the molecule is COc1cc(C2COCCN2)cc(OC)c1O. The molecule has 0 amide bonds. The Balaban J connectivity index is 2.33. The average Bonchev–Trinajstić information content (AvgIpc) is 2.40. The van der Waals surface area contributed by atoms with Crippen molar-refractivity contribution in [3.05, 3.63) is 17.7 Å². The van der Waals surface area contributed by atoms with E-state index in [4.69, 9.17) is 14.2 Å². The monoisotopic (exact) mass is 239 g/mol. The number of methoxy groups -OCH3 is 2. The second-order valence-electron chi connectivity index (χ2n) is 3.86. The Morgan fingerprint density at radius 3 is 2.41 bits per heavy atom. The minimum Gasteiger partial charge on any atom is -0.502 e. The first kappa shape index (κ1) is 12.0. The van der Waals surface area contributed by atoms with Crippen LogP contribution in [0.1, 0.15) is 11.6 Å². The predicted molar refractivity (Wildman–Crippen MR) is 62.8 cm³/mol. The molecule has 0 spiro atoms. The van der Waals surface area contributed by atoms with Crippen molar-refractivity contribution in [2.24, 2.45) is 0 Å². The molecule has 94 valence electrons. The smallest absolute Gasteiger partial charge is 0.200 e. The average molecular weight is 239 g/mol. The summed E-state index contributed by atoms with van der Waals surface area (Å²) in [5.74, 6) is 0.842. The van der Waals surface area contributed by atoms with E-state index in [9.17, 15) is 5.11 Å². The van der Waals surface area contributed by atoms with Gasteiger partial charge in [0.1, 0.15) is 0 Å². The first-order valence-corrected chi connectivity index (χ1v) is 5.52. The van der Waals surface area contributed by atoms with Gasteiger partial charge in [-0.3, -0.25) is 0 Å². The van der Waals surface area contributed by atoms with E-state index in [1.165, 1.54) is 14.2 Å². The molecule has 1 unspecified atom stereocenters. The van der Waals surface area contributed by atoms with Gasteiger partial charge in [0, 0.05) is 6.54 Å². The van der Waals surface area contributed by atoms with E-state index >= 15 is 0 Å². The zero-order valence-corrected chi connectivity index (χ0v) is 10.0. The minimum atomic E-state index is 0.0236. The molecule has 1 atom stereocenters. The molecule has 1 aromatic carbocycles. The van der Waals surface area contributed by atoms with Crippen molar-refractivity contribution in [3.8, 4) is 17.2 Å². The Bertz CT molecular complexity index is 363. The molecule has 0 aromatic heterocycles. The number of rotatable bonds is 3. The number of phenols is 1. The summed E-state index contributed by atoms with van der Waals surface area (Å²) in [7, 11) is 3.03. The predicted octanol–water partition coefficient (Wildman–Crippen LogP) is 1.07. The lowest BCUT2D eigenvalue weighted by molar-refractivity contribution is 0.0767. The van der Waals surface area contributed by atoms with E-state index in [-0.39, 0.29) is 11.8 Å².